The van der Waals surface area contributed by atoms with Crippen LogP contribution in [0.3, 0.4) is 0 Å². The molecule has 3 aromatic rings. The van der Waals surface area contributed by atoms with E-state index in [-0.39, 0.29) is 28.0 Å². The van der Waals surface area contributed by atoms with E-state index in [1.165, 1.54) is 42.5 Å². The van der Waals surface area contributed by atoms with E-state index in [4.69, 9.17) is 39.5 Å². The predicted molar refractivity (Wildman–Crippen MR) is 121 cm³/mol. The average molecular weight is 476 g/mol. The lowest BCUT2D eigenvalue weighted by Crippen LogP contribution is -2.13. The molecule has 4 nitrogen and oxygen atoms in total. The van der Waals surface area contributed by atoms with Gasteiger partial charge in [-0.3, -0.25) is 4.79 Å². The standard InChI is InChI=1S/C23H14Cl3FN2O2/c24-17-3-1-14(2-4-17)13-31-22-20(25)10-15(11-21(22)26)9-16(12-28)23(30)29-19-7-5-18(27)6-8-19/h1-11H,13H2,(H,29,30)/b16-9+. The Hall–Kier alpha value is -3.04. The summed E-state index contributed by atoms with van der Waals surface area (Å²) in [6.45, 7) is 0.231. The topological polar surface area (TPSA) is 62.1 Å². The predicted octanol–water partition coefficient (Wildman–Crippen LogP) is 6.91. The molecule has 0 spiro atoms. The second kappa shape index (κ2) is 10.3. The molecule has 0 atom stereocenters. The molecule has 0 aliphatic rings. The summed E-state index contributed by atoms with van der Waals surface area (Å²) in [6, 6.07) is 17.2. The third-order valence-electron chi connectivity index (χ3n) is 4.10. The molecule has 0 aromatic heterocycles. The molecular weight excluding hydrogens is 462 g/mol. The molecule has 3 rings (SSSR count). The van der Waals surface area contributed by atoms with Gasteiger partial charge in [0, 0.05) is 10.7 Å². The third-order valence-corrected chi connectivity index (χ3v) is 4.91. The van der Waals surface area contributed by atoms with E-state index in [0.29, 0.717) is 16.3 Å². The van der Waals surface area contributed by atoms with Crippen LogP contribution >= 0.6 is 34.8 Å². The number of benzene rings is 3. The SMILES string of the molecule is N#C/C(=C\c1cc(Cl)c(OCc2ccc(Cl)cc2)c(Cl)c1)C(=O)Nc1ccc(F)cc1. The van der Waals surface area contributed by atoms with Crippen molar-refractivity contribution in [2.45, 2.75) is 6.61 Å². The molecule has 0 fully saturated rings. The van der Waals surface area contributed by atoms with E-state index in [0.717, 1.165) is 5.56 Å². The Morgan fingerprint density at radius 2 is 1.65 bits per heavy atom. The summed E-state index contributed by atoms with van der Waals surface area (Å²) < 4.78 is 18.7. The quantitative estimate of drug-likeness (QED) is 0.311. The number of nitriles is 1. The molecule has 31 heavy (non-hydrogen) atoms. The summed E-state index contributed by atoms with van der Waals surface area (Å²) >= 11 is 18.5. The Bertz CT molecular complexity index is 1150. The highest BCUT2D eigenvalue weighted by atomic mass is 35.5. The zero-order valence-electron chi connectivity index (χ0n) is 15.8. The highest BCUT2D eigenvalue weighted by Gasteiger charge is 2.13. The fraction of sp³-hybridized carbons (Fsp3) is 0.0435. The van der Waals surface area contributed by atoms with Gasteiger partial charge in [0.2, 0.25) is 0 Å². The third kappa shape index (κ3) is 6.22. The molecule has 3 aromatic carbocycles. The minimum absolute atomic E-state index is 0.175. The summed E-state index contributed by atoms with van der Waals surface area (Å²) in [6.07, 6.45) is 1.35. The number of hydrogen-bond acceptors (Lipinski definition) is 3. The van der Waals surface area contributed by atoms with Gasteiger partial charge in [-0.25, -0.2) is 4.39 Å². The van der Waals surface area contributed by atoms with E-state index < -0.39 is 11.7 Å². The van der Waals surface area contributed by atoms with Crippen LogP contribution in [-0.2, 0) is 11.4 Å². The summed E-state index contributed by atoms with van der Waals surface area (Å²) in [7, 11) is 0. The minimum atomic E-state index is -0.649. The molecular formula is C23H14Cl3FN2O2. The molecule has 1 N–H and O–H groups in total. The fourth-order valence-corrected chi connectivity index (χ4v) is 3.32. The first-order valence-corrected chi connectivity index (χ1v) is 10.0. The van der Waals surface area contributed by atoms with Gasteiger partial charge < -0.3 is 10.1 Å². The van der Waals surface area contributed by atoms with Gasteiger partial charge in [-0.15, -0.1) is 0 Å². The number of nitrogens with zero attached hydrogens (tertiary/aromatic N) is 1. The molecule has 1 amide bonds. The number of anilines is 1. The van der Waals surface area contributed by atoms with Gasteiger partial charge in [-0.05, 0) is 65.7 Å². The molecule has 0 bridgehead atoms. The molecule has 0 aliphatic carbocycles. The minimum Gasteiger partial charge on any atom is -0.486 e. The number of carbonyl (C=O) groups is 1. The lowest BCUT2D eigenvalue weighted by molar-refractivity contribution is -0.112. The van der Waals surface area contributed by atoms with E-state index >= 15 is 0 Å². The average Bonchev–Trinajstić information content (AvgIpc) is 2.74. The second-order valence-corrected chi connectivity index (χ2v) is 7.61. The molecule has 0 radical (unpaired) electrons. The number of hydrogen-bond donors (Lipinski definition) is 1. The molecule has 8 heteroatoms. The Morgan fingerprint density at radius 3 is 2.23 bits per heavy atom. The molecule has 0 heterocycles. The van der Waals surface area contributed by atoms with Crippen LogP contribution in [0.15, 0.2) is 66.2 Å². The number of ether oxygens (including phenoxy) is 1. The summed E-state index contributed by atoms with van der Waals surface area (Å²) in [4.78, 5) is 12.4. The summed E-state index contributed by atoms with van der Waals surface area (Å²) in [5.41, 5.74) is 1.50. The van der Waals surface area contributed by atoms with Crippen LogP contribution in [0.4, 0.5) is 10.1 Å². The molecule has 0 unspecified atom stereocenters. The van der Waals surface area contributed by atoms with Crippen molar-refractivity contribution in [3.63, 3.8) is 0 Å². The van der Waals surface area contributed by atoms with E-state index in [1.807, 2.05) is 18.2 Å². The van der Waals surface area contributed by atoms with Gasteiger partial charge in [0.1, 0.15) is 24.1 Å². The van der Waals surface area contributed by atoms with Gasteiger partial charge in [0.15, 0.2) is 5.75 Å². The van der Waals surface area contributed by atoms with Crippen molar-refractivity contribution in [3.05, 3.63) is 98.2 Å². The van der Waals surface area contributed by atoms with Gasteiger partial charge in [0.25, 0.3) is 5.91 Å². The zero-order chi connectivity index (χ0) is 22.4. The maximum Gasteiger partial charge on any atom is 0.266 e. The van der Waals surface area contributed by atoms with Gasteiger partial charge in [-0.2, -0.15) is 5.26 Å². The normalized spacial score (nSPS) is 11.0. The van der Waals surface area contributed by atoms with E-state index in [1.54, 1.807) is 12.1 Å². The zero-order valence-corrected chi connectivity index (χ0v) is 18.1. The van der Waals surface area contributed by atoms with Crippen LogP contribution in [0.25, 0.3) is 6.08 Å². The van der Waals surface area contributed by atoms with Crippen LogP contribution in [-0.4, -0.2) is 5.91 Å². The molecule has 0 saturated heterocycles. The fourth-order valence-electron chi connectivity index (χ4n) is 2.58. The van der Waals surface area contributed by atoms with Crippen molar-refractivity contribution in [2.24, 2.45) is 0 Å². The van der Waals surface area contributed by atoms with Crippen molar-refractivity contribution in [2.75, 3.05) is 5.32 Å². The van der Waals surface area contributed by atoms with Gasteiger partial charge in [0.05, 0.1) is 10.0 Å². The monoisotopic (exact) mass is 474 g/mol. The van der Waals surface area contributed by atoms with Crippen molar-refractivity contribution >= 4 is 52.5 Å². The number of carbonyl (C=O) groups excluding carboxylic acids is 1. The lowest BCUT2D eigenvalue weighted by Gasteiger charge is -2.11. The number of halogens is 4. The van der Waals surface area contributed by atoms with Crippen LogP contribution in [0.5, 0.6) is 5.75 Å². The highest BCUT2D eigenvalue weighted by molar-refractivity contribution is 6.37. The van der Waals surface area contributed by atoms with E-state index in [2.05, 4.69) is 5.32 Å². The highest BCUT2D eigenvalue weighted by Crippen LogP contribution is 2.35. The van der Waals surface area contributed by atoms with Crippen molar-refractivity contribution < 1.29 is 13.9 Å². The first kappa shape index (κ1) is 22.6. The lowest BCUT2D eigenvalue weighted by atomic mass is 10.1. The summed E-state index contributed by atoms with van der Waals surface area (Å²) in [5, 5.41) is 13.0. The smallest absolute Gasteiger partial charge is 0.266 e. The van der Waals surface area contributed by atoms with Crippen molar-refractivity contribution in [1.29, 1.82) is 5.26 Å². The van der Waals surface area contributed by atoms with Crippen LogP contribution in [0.2, 0.25) is 15.1 Å². The molecule has 0 aliphatic heterocycles. The Kier molecular flexibility index (Phi) is 7.54. The number of rotatable bonds is 6. The Morgan fingerprint density at radius 1 is 1.03 bits per heavy atom. The van der Waals surface area contributed by atoms with Gasteiger partial charge >= 0.3 is 0 Å². The second-order valence-electron chi connectivity index (χ2n) is 6.36. The number of amides is 1. The first-order valence-electron chi connectivity index (χ1n) is 8.90. The van der Waals surface area contributed by atoms with Crippen LogP contribution in [0.1, 0.15) is 11.1 Å². The van der Waals surface area contributed by atoms with Gasteiger partial charge in [-0.1, -0.05) is 46.9 Å². The first-order chi connectivity index (χ1) is 14.9. The van der Waals surface area contributed by atoms with E-state index in [9.17, 15) is 14.4 Å². The largest absolute Gasteiger partial charge is 0.486 e. The maximum absolute atomic E-state index is 13.0. The van der Waals surface area contributed by atoms with Crippen molar-refractivity contribution in [1.82, 2.24) is 0 Å². The van der Waals surface area contributed by atoms with Crippen LogP contribution < -0.4 is 10.1 Å². The Labute approximate surface area is 193 Å². The molecule has 156 valence electrons. The summed E-state index contributed by atoms with van der Waals surface area (Å²) in [5.74, 6) is -0.800. The van der Waals surface area contributed by atoms with Crippen LogP contribution in [0, 0.1) is 17.1 Å². The Balaban J connectivity index is 1.76. The number of nitrogens with one attached hydrogen (secondary N) is 1. The maximum atomic E-state index is 13.0. The molecule has 0 saturated carbocycles. The van der Waals surface area contributed by atoms with Crippen molar-refractivity contribution in [3.8, 4) is 11.8 Å².